The van der Waals surface area contributed by atoms with Crippen molar-refractivity contribution in [2.24, 2.45) is 0 Å². The topological polar surface area (TPSA) is 16.8 Å². The van der Waals surface area contributed by atoms with Crippen molar-refractivity contribution >= 4 is 11.3 Å². The maximum Gasteiger partial charge on any atom is 0.262 e. The van der Waals surface area contributed by atoms with Crippen LogP contribution in [0.5, 0.6) is 0 Å². The van der Waals surface area contributed by atoms with Crippen LogP contribution in [0.3, 0.4) is 0 Å². The van der Waals surface area contributed by atoms with Gasteiger partial charge in [-0.1, -0.05) is 29.4 Å². The lowest BCUT2D eigenvalue weighted by Crippen LogP contribution is -3.00. The average Bonchev–Trinajstić information content (AvgIpc) is 2.26. The van der Waals surface area contributed by atoms with Crippen LogP contribution in [0.15, 0.2) is 0 Å². The number of aromatic nitrogens is 2. The molecule has 2 nitrogen and oxygen atoms in total. The third-order valence-electron chi connectivity index (χ3n) is 1.64. The van der Waals surface area contributed by atoms with Crippen molar-refractivity contribution in [1.82, 2.24) is 5.10 Å². The van der Waals surface area contributed by atoms with Gasteiger partial charge >= 0.3 is 0 Å². The van der Waals surface area contributed by atoms with E-state index in [-0.39, 0.29) is 24.0 Å². The summed E-state index contributed by atoms with van der Waals surface area (Å²) in [5, 5.41) is 6.86. The molecule has 0 unspecified atom stereocenters. The monoisotopic (exact) mass is 298 g/mol. The van der Waals surface area contributed by atoms with E-state index in [0.717, 1.165) is 6.54 Å². The highest BCUT2D eigenvalue weighted by Crippen LogP contribution is 2.04. The minimum absolute atomic E-state index is 0. The summed E-state index contributed by atoms with van der Waals surface area (Å²) < 4.78 is 2.10. The van der Waals surface area contributed by atoms with E-state index in [4.69, 9.17) is 0 Å². The summed E-state index contributed by atoms with van der Waals surface area (Å²) in [5.74, 6) is 0. The summed E-state index contributed by atoms with van der Waals surface area (Å²) in [7, 11) is 0. The van der Waals surface area contributed by atoms with Crippen LogP contribution >= 0.6 is 11.3 Å². The lowest BCUT2D eigenvalue weighted by Gasteiger charge is -1.87. The molecule has 0 saturated carbocycles. The van der Waals surface area contributed by atoms with Crippen LogP contribution < -0.4 is 28.7 Å². The minimum Gasteiger partial charge on any atom is -1.00 e. The summed E-state index contributed by atoms with van der Waals surface area (Å²) in [4.78, 5) is 0. The Morgan fingerprint density at radius 2 is 2.08 bits per heavy atom. The first-order chi connectivity index (χ1) is 5.24. The Morgan fingerprint density at radius 3 is 2.50 bits per heavy atom. The van der Waals surface area contributed by atoms with E-state index in [9.17, 15) is 0 Å². The zero-order valence-electron chi connectivity index (χ0n) is 7.80. The van der Waals surface area contributed by atoms with Crippen molar-refractivity contribution in [3.8, 4) is 0 Å². The average molecular weight is 298 g/mol. The van der Waals surface area contributed by atoms with Gasteiger partial charge in [0.1, 0.15) is 0 Å². The van der Waals surface area contributed by atoms with Gasteiger partial charge < -0.3 is 24.0 Å². The molecule has 4 heteroatoms. The highest BCUT2D eigenvalue weighted by Gasteiger charge is 2.11. The van der Waals surface area contributed by atoms with Crippen molar-refractivity contribution in [2.45, 2.75) is 40.2 Å². The van der Waals surface area contributed by atoms with Crippen LogP contribution in [-0.4, -0.2) is 5.10 Å². The van der Waals surface area contributed by atoms with E-state index in [1.54, 1.807) is 11.3 Å². The largest absolute Gasteiger partial charge is 1.00 e. The fourth-order valence-corrected chi connectivity index (χ4v) is 1.85. The zero-order chi connectivity index (χ0) is 8.27. The summed E-state index contributed by atoms with van der Waals surface area (Å²) >= 11 is 1.77. The zero-order valence-corrected chi connectivity index (χ0v) is 10.8. The molecule has 1 rings (SSSR count). The van der Waals surface area contributed by atoms with Crippen LogP contribution in [-0.2, 0) is 6.54 Å². The summed E-state index contributed by atoms with van der Waals surface area (Å²) in [5.41, 5.74) is 0. The molecule has 0 amide bonds. The molecule has 0 aromatic carbocycles. The molecular formula is C8H15IN2S. The highest BCUT2D eigenvalue weighted by molar-refractivity contribution is 7.10. The second-order valence-corrected chi connectivity index (χ2v) is 4.10. The highest BCUT2D eigenvalue weighted by atomic mass is 127. The molecule has 0 radical (unpaired) electrons. The Bertz CT molecular complexity index is 235. The van der Waals surface area contributed by atoms with E-state index >= 15 is 0 Å². The van der Waals surface area contributed by atoms with Gasteiger partial charge in [0.2, 0.25) is 0 Å². The Hall–Kier alpha value is 0.290. The second-order valence-electron chi connectivity index (χ2n) is 2.72. The lowest BCUT2D eigenvalue weighted by atomic mass is 10.3. The summed E-state index contributed by atoms with van der Waals surface area (Å²) in [6.07, 6.45) is 2.47. The Kier molecular flexibility index (Phi) is 6.00. The van der Waals surface area contributed by atoms with E-state index in [1.807, 2.05) is 0 Å². The molecule has 1 aromatic heterocycles. The first-order valence-corrected chi connectivity index (χ1v) is 4.90. The Labute approximate surface area is 95.0 Å². The summed E-state index contributed by atoms with van der Waals surface area (Å²) in [6.45, 7) is 7.46. The first-order valence-electron chi connectivity index (χ1n) is 4.08. The minimum atomic E-state index is 0. The Balaban J connectivity index is 0.00000121. The molecular weight excluding hydrogens is 283 g/mol. The van der Waals surface area contributed by atoms with E-state index in [1.165, 1.54) is 22.9 Å². The smallest absolute Gasteiger partial charge is 0.262 e. The fraction of sp³-hybridized carbons (Fsp3) is 0.750. The number of hydrogen-bond acceptors (Lipinski definition) is 2. The SMILES string of the molecule is CCCC[n+]1nc(C)sc1C.[I-]. The predicted molar refractivity (Wildman–Crippen MR) is 46.7 cm³/mol. The van der Waals surface area contributed by atoms with Crippen LogP contribution in [0.25, 0.3) is 0 Å². The van der Waals surface area contributed by atoms with Crippen molar-refractivity contribution in [3.63, 3.8) is 0 Å². The maximum absolute atomic E-state index is 4.38. The van der Waals surface area contributed by atoms with Gasteiger partial charge in [-0.15, -0.1) is 0 Å². The number of rotatable bonds is 3. The molecule has 0 aliphatic rings. The quantitative estimate of drug-likeness (QED) is 0.509. The van der Waals surface area contributed by atoms with Gasteiger partial charge in [0.15, 0.2) is 11.6 Å². The molecule has 0 fully saturated rings. The van der Waals surface area contributed by atoms with Crippen LogP contribution in [0.2, 0.25) is 0 Å². The predicted octanol–water partition coefficient (Wildman–Crippen LogP) is -1.15. The van der Waals surface area contributed by atoms with Crippen LogP contribution in [0, 0.1) is 13.8 Å². The van der Waals surface area contributed by atoms with Crippen molar-refractivity contribution < 1.29 is 28.7 Å². The van der Waals surface area contributed by atoms with Crippen LogP contribution in [0.4, 0.5) is 0 Å². The Morgan fingerprint density at radius 1 is 1.42 bits per heavy atom. The number of hydrogen-bond donors (Lipinski definition) is 0. The molecule has 12 heavy (non-hydrogen) atoms. The van der Waals surface area contributed by atoms with Gasteiger partial charge in [0, 0.05) is 18.4 Å². The van der Waals surface area contributed by atoms with E-state index in [2.05, 4.69) is 30.6 Å². The van der Waals surface area contributed by atoms with Crippen molar-refractivity contribution in [3.05, 3.63) is 10.0 Å². The van der Waals surface area contributed by atoms with Crippen molar-refractivity contribution in [1.29, 1.82) is 0 Å². The lowest BCUT2D eigenvalue weighted by molar-refractivity contribution is -0.754. The molecule has 1 heterocycles. The fourth-order valence-electron chi connectivity index (χ4n) is 1.04. The second kappa shape index (κ2) is 5.85. The molecule has 0 atom stereocenters. The molecule has 0 N–H and O–H groups in total. The van der Waals surface area contributed by atoms with Gasteiger partial charge in [-0.3, -0.25) is 0 Å². The third-order valence-corrected chi connectivity index (χ3v) is 2.53. The third kappa shape index (κ3) is 3.35. The standard InChI is InChI=1S/C8H15N2S.HI/c1-4-5-6-10-8(3)11-7(2)9-10;/h4-6H2,1-3H3;1H/q+1;/p-1. The van der Waals surface area contributed by atoms with Crippen LogP contribution in [0.1, 0.15) is 29.8 Å². The number of unbranched alkanes of at least 4 members (excludes halogenated alkanes) is 1. The van der Waals surface area contributed by atoms with Gasteiger partial charge in [-0.25, -0.2) is 0 Å². The van der Waals surface area contributed by atoms with Gasteiger partial charge in [0.05, 0.1) is 0 Å². The number of nitrogens with zero attached hydrogens (tertiary/aromatic N) is 2. The van der Waals surface area contributed by atoms with E-state index < -0.39 is 0 Å². The normalized spacial score (nSPS) is 9.58. The van der Waals surface area contributed by atoms with Gasteiger partial charge in [0.25, 0.3) is 5.01 Å². The summed E-state index contributed by atoms with van der Waals surface area (Å²) in [6, 6.07) is 0. The first kappa shape index (κ1) is 12.3. The molecule has 70 valence electrons. The molecule has 0 spiro atoms. The van der Waals surface area contributed by atoms with Crippen molar-refractivity contribution in [2.75, 3.05) is 0 Å². The molecule has 0 aliphatic carbocycles. The van der Waals surface area contributed by atoms with Gasteiger partial charge in [-0.2, -0.15) is 0 Å². The molecule has 1 aromatic rings. The molecule has 0 saturated heterocycles. The molecule has 0 aliphatic heterocycles. The number of halogens is 1. The number of aryl methyl sites for hydroxylation is 3. The maximum atomic E-state index is 4.38. The van der Waals surface area contributed by atoms with Gasteiger partial charge in [-0.05, 0) is 6.92 Å². The molecule has 0 bridgehead atoms. The van der Waals surface area contributed by atoms with E-state index in [0.29, 0.717) is 0 Å².